The summed E-state index contributed by atoms with van der Waals surface area (Å²) in [5, 5.41) is 4.39. The normalized spacial score (nSPS) is 10.7. The summed E-state index contributed by atoms with van der Waals surface area (Å²) in [5.41, 5.74) is 3.13. The van der Waals surface area contributed by atoms with Crippen molar-refractivity contribution in [2.75, 3.05) is 12.4 Å². The molecule has 0 saturated carbocycles. The second-order valence-electron chi connectivity index (χ2n) is 6.04. The molecular formula is C21H19N3O2. The zero-order chi connectivity index (χ0) is 17.9. The summed E-state index contributed by atoms with van der Waals surface area (Å²) in [6.07, 6.45) is 1.72. The zero-order valence-electron chi connectivity index (χ0n) is 14.6. The minimum Gasteiger partial charge on any atom is -0.497 e. The quantitative estimate of drug-likeness (QED) is 0.507. The molecule has 0 aliphatic rings. The number of pyridine rings is 1. The summed E-state index contributed by atoms with van der Waals surface area (Å²) in [4.78, 5) is 7.66. The molecule has 26 heavy (non-hydrogen) atoms. The number of hydrogen-bond donors (Lipinski definition) is 2. The van der Waals surface area contributed by atoms with Gasteiger partial charge in [-0.05, 0) is 49.4 Å². The first-order valence-corrected chi connectivity index (χ1v) is 8.34. The summed E-state index contributed by atoms with van der Waals surface area (Å²) < 4.78 is 11.2. The first-order chi connectivity index (χ1) is 12.7. The Balaban J connectivity index is 1.54. The average molecular weight is 345 g/mol. The van der Waals surface area contributed by atoms with Crippen LogP contribution in [-0.2, 0) is 0 Å². The molecule has 0 fully saturated rings. The average Bonchev–Trinajstić information content (AvgIpc) is 3.01. The van der Waals surface area contributed by atoms with Gasteiger partial charge in [0.15, 0.2) is 0 Å². The van der Waals surface area contributed by atoms with Gasteiger partial charge in [-0.25, -0.2) is 4.98 Å². The predicted octanol–water partition coefficient (Wildman–Crippen LogP) is 5.42. The van der Waals surface area contributed by atoms with E-state index in [0.717, 1.165) is 39.5 Å². The molecule has 0 amide bonds. The molecule has 2 aromatic carbocycles. The Morgan fingerprint density at radius 2 is 1.81 bits per heavy atom. The van der Waals surface area contributed by atoms with Crippen molar-refractivity contribution >= 4 is 22.4 Å². The van der Waals surface area contributed by atoms with Crippen LogP contribution in [0, 0.1) is 6.92 Å². The van der Waals surface area contributed by atoms with Gasteiger partial charge in [0.25, 0.3) is 0 Å². The molecule has 4 aromatic rings. The maximum Gasteiger partial charge on any atom is 0.134 e. The van der Waals surface area contributed by atoms with Gasteiger partial charge >= 0.3 is 0 Å². The molecule has 130 valence electrons. The summed E-state index contributed by atoms with van der Waals surface area (Å²) in [6, 6.07) is 19.5. The van der Waals surface area contributed by atoms with Crippen LogP contribution in [0.5, 0.6) is 17.2 Å². The lowest BCUT2D eigenvalue weighted by Gasteiger charge is -2.10. The van der Waals surface area contributed by atoms with Crippen molar-refractivity contribution in [1.29, 1.82) is 0 Å². The van der Waals surface area contributed by atoms with Crippen LogP contribution in [-0.4, -0.2) is 17.1 Å². The van der Waals surface area contributed by atoms with Crippen LogP contribution in [0.3, 0.4) is 0 Å². The second kappa shape index (κ2) is 6.80. The SMILES string of the molecule is COc1cccc(Nc2cc(Oc3ccc4[nH]c(C)cc4c3)ccn2)c1. The Hall–Kier alpha value is -3.47. The largest absolute Gasteiger partial charge is 0.497 e. The van der Waals surface area contributed by atoms with E-state index in [0.29, 0.717) is 5.82 Å². The molecule has 0 saturated heterocycles. The molecule has 0 radical (unpaired) electrons. The second-order valence-corrected chi connectivity index (χ2v) is 6.04. The van der Waals surface area contributed by atoms with Gasteiger partial charge in [-0.15, -0.1) is 0 Å². The molecule has 0 spiro atoms. The van der Waals surface area contributed by atoms with E-state index < -0.39 is 0 Å². The van der Waals surface area contributed by atoms with Crippen molar-refractivity contribution < 1.29 is 9.47 Å². The smallest absolute Gasteiger partial charge is 0.134 e. The van der Waals surface area contributed by atoms with Gasteiger partial charge in [-0.1, -0.05) is 6.07 Å². The summed E-state index contributed by atoms with van der Waals surface area (Å²) in [5.74, 6) is 3.00. The van der Waals surface area contributed by atoms with Crippen LogP contribution in [0.15, 0.2) is 66.9 Å². The number of hydrogen-bond acceptors (Lipinski definition) is 4. The number of benzene rings is 2. The molecule has 5 nitrogen and oxygen atoms in total. The van der Waals surface area contributed by atoms with E-state index in [4.69, 9.17) is 9.47 Å². The lowest BCUT2D eigenvalue weighted by atomic mass is 10.2. The van der Waals surface area contributed by atoms with Crippen LogP contribution in [0.25, 0.3) is 10.9 Å². The standard InChI is InChI=1S/C21H19N3O2/c1-14-10-15-11-18(6-7-20(15)23-14)26-19-8-9-22-21(13-19)24-16-4-3-5-17(12-16)25-2/h3-13,23H,1-2H3,(H,22,24). The van der Waals surface area contributed by atoms with E-state index >= 15 is 0 Å². The Bertz CT molecular complexity index is 1060. The van der Waals surface area contributed by atoms with Crippen molar-refractivity contribution in [1.82, 2.24) is 9.97 Å². The van der Waals surface area contributed by atoms with E-state index in [1.165, 1.54) is 0 Å². The molecular weight excluding hydrogens is 326 g/mol. The van der Waals surface area contributed by atoms with Gasteiger partial charge in [-0.3, -0.25) is 0 Å². The predicted molar refractivity (Wildman–Crippen MR) is 104 cm³/mol. The van der Waals surface area contributed by atoms with Gasteiger partial charge in [0, 0.05) is 40.6 Å². The lowest BCUT2D eigenvalue weighted by molar-refractivity contribution is 0.415. The number of rotatable bonds is 5. The zero-order valence-corrected chi connectivity index (χ0v) is 14.6. The van der Waals surface area contributed by atoms with Gasteiger partial charge in [0.2, 0.25) is 0 Å². The fourth-order valence-corrected chi connectivity index (χ4v) is 2.85. The number of nitrogens with one attached hydrogen (secondary N) is 2. The lowest BCUT2D eigenvalue weighted by Crippen LogP contribution is -1.94. The molecule has 5 heteroatoms. The summed E-state index contributed by atoms with van der Waals surface area (Å²) in [6.45, 7) is 2.04. The van der Waals surface area contributed by atoms with Crippen molar-refractivity contribution in [3.05, 3.63) is 72.6 Å². The number of ether oxygens (including phenoxy) is 2. The van der Waals surface area contributed by atoms with Gasteiger partial charge in [0.1, 0.15) is 23.1 Å². The van der Waals surface area contributed by atoms with Crippen LogP contribution in [0.1, 0.15) is 5.69 Å². The molecule has 2 heterocycles. The van der Waals surface area contributed by atoms with E-state index in [9.17, 15) is 0 Å². The minimum atomic E-state index is 0.703. The molecule has 2 N–H and O–H groups in total. The van der Waals surface area contributed by atoms with Crippen molar-refractivity contribution in [2.24, 2.45) is 0 Å². The highest BCUT2D eigenvalue weighted by molar-refractivity contribution is 5.82. The number of aromatic amines is 1. The van der Waals surface area contributed by atoms with Gasteiger partial charge < -0.3 is 19.8 Å². The highest BCUT2D eigenvalue weighted by atomic mass is 16.5. The molecule has 0 unspecified atom stereocenters. The number of anilines is 2. The topological polar surface area (TPSA) is 59.2 Å². The maximum absolute atomic E-state index is 6.00. The Morgan fingerprint density at radius 3 is 2.69 bits per heavy atom. The highest BCUT2D eigenvalue weighted by Crippen LogP contribution is 2.28. The molecule has 4 rings (SSSR count). The third-order valence-electron chi connectivity index (χ3n) is 4.04. The van der Waals surface area contributed by atoms with Crippen molar-refractivity contribution in [2.45, 2.75) is 6.92 Å². The monoisotopic (exact) mass is 345 g/mol. The maximum atomic E-state index is 6.00. The summed E-state index contributed by atoms with van der Waals surface area (Å²) >= 11 is 0. The van der Waals surface area contributed by atoms with E-state index in [1.54, 1.807) is 13.3 Å². The summed E-state index contributed by atoms with van der Waals surface area (Å²) in [7, 11) is 1.65. The Labute approximate surface area is 151 Å². The number of H-pyrrole nitrogens is 1. The van der Waals surface area contributed by atoms with Gasteiger partial charge in [0.05, 0.1) is 7.11 Å². The number of methoxy groups -OCH3 is 1. The minimum absolute atomic E-state index is 0.703. The molecule has 0 aliphatic heterocycles. The first-order valence-electron chi connectivity index (χ1n) is 8.34. The fourth-order valence-electron chi connectivity index (χ4n) is 2.85. The third-order valence-corrected chi connectivity index (χ3v) is 4.04. The Morgan fingerprint density at radius 1 is 0.923 bits per heavy atom. The highest BCUT2D eigenvalue weighted by Gasteiger charge is 2.04. The third kappa shape index (κ3) is 3.47. The van der Waals surface area contributed by atoms with Crippen LogP contribution < -0.4 is 14.8 Å². The number of aromatic nitrogens is 2. The van der Waals surface area contributed by atoms with Crippen LogP contribution in [0.2, 0.25) is 0 Å². The number of fused-ring (bicyclic) bond motifs is 1. The van der Waals surface area contributed by atoms with Crippen LogP contribution in [0.4, 0.5) is 11.5 Å². The molecule has 0 aliphatic carbocycles. The van der Waals surface area contributed by atoms with Crippen LogP contribution >= 0.6 is 0 Å². The Kier molecular flexibility index (Phi) is 4.19. The van der Waals surface area contributed by atoms with E-state index in [-0.39, 0.29) is 0 Å². The molecule has 2 aromatic heterocycles. The fraction of sp³-hybridized carbons (Fsp3) is 0.0952. The number of aryl methyl sites for hydroxylation is 1. The first kappa shape index (κ1) is 16.0. The van der Waals surface area contributed by atoms with Crippen molar-refractivity contribution in [3.63, 3.8) is 0 Å². The van der Waals surface area contributed by atoms with E-state index in [1.807, 2.05) is 61.5 Å². The van der Waals surface area contributed by atoms with Crippen molar-refractivity contribution in [3.8, 4) is 17.2 Å². The molecule has 0 bridgehead atoms. The van der Waals surface area contributed by atoms with Gasteiger partial charge in [-0.2, -0.15) is 0 Å². The molecule has 0 atom stereocenters. The van der Waals surface area contributed by atoms with E-state index in [2.05, 4.69) is 21.4 Å². The number of nitrogens with zero attached hydrogens (tertiary/aromatic N) is 1.